The van der Waals surface area contributed by atoms with Crippen molar-refractivity contribution in [3.8, 4) is 11.5 Å². The maximum Gasteiger partial charge on any atom is 0.237 e. The SMILES string of the molecule is COc1ccc(CCNC(=O)CCSC2CCc3ccccc3NC2=O)cc1OC. The summed E-state index contributed by atoms with van der Waals surface area (Å²) in [7, 11) is 3.21. The molecule has 0 spiro atoms. The van der Waals surface area contributed by atoms with E-state index < -0.39 is 0 Å². The Morgan fingerprint density at radius 1 is 1.17 bits per heavy atom. The second-order valence-electron chi connectivity index (χ2n) is 7.08. The Hall–Kier alpha value is -2.67. The van der Waals surface area contributed by atoms with E-state index in [0.29, 0.717) is 36.6 Å². The van der Waals surface area contributed by atoms with Gasteiger partial charge in [0.25, 0.3) is 0 Å². The fraction of sp³-hybridized carbons (Fsp3) is 0.391. The van der Waals surface area contributed by atoms with E-state index in [9.17, 15) is 9.59 Å². The molecule has 1 heterocycles. The van der Waals surface area contributed by atoms with Crippen molar-refractivity contribution >= 4 is 29.3 Å². The summed E-state index contributed by atoms with van der Waals surface area (Å²) in [5.74, 6) is 2.02. The van der Waals surface area contributed by atoms with Crippen molar-refractivity contribution in [3.05, 3.63) is 53.6 Å². The first-order valence-corrected chi connectivity index (χ1v) is 11.1. The number of hydrogen-bond acceptors (Lipinski definition) is 5. The van der Waals surface area contributed by atoms with Crippen LogP contribution in [0, 0.1) is 0 Å². The van der Waals surface area contributed by atoms with Crippen LogP contribution >= 0.6 is 11.8 Å². The highest BCUT2D eigenvalue weighted by atomic mass is 32.2. The molecule has 2 aromatic carbocycles. The number of hydrogen-bond donors (Lipinski definition) is 2. The number of nitrogens with one attached hydrogen (secondary N) is 2. The van der Waals surface area contributed by atoms with Gasteiger partial charge in [-0.05, 0) is 48.6 Å². The Bertz CT molecular complexity index is 887. The van der Waals surface area contributed by atoms with E-state index in [1.807, 2.05) is 36.4 Å². The molecule has 3 rings (SSSR count). The summed E-state index contributed by atoms with van der Waals surface area (Å²) in [5.41, 5.74) is 3.14. The molecule has 0 aliphatic carbocycles. The minimum atomic E-state index is -0.128. The fourth-order valence-corrected chi connectivity index (χ4v) is 4.50. The number of carbonyl (C=O) groups is 2. The lowest BCUT2D eigenvalue weighted by Gasteiger charge is -2.13. The van der Waals surface area contributed by atoms with E-state index in [0.717, 1.165) is 24.1 Å². The molecule has 0 fully saturated rings. The number of anilines is 1. The van der Waals surface area contributed by atoms with Crippen molar-refractivity contribution in [2.75, 3.05) is 31.8 Å². The lowest BCUT2D eigenvalue weighted by Crippen LogP contribution is -2.27. The molecule has 7 heteroatoms. The number of aryl methyl sites for hydroxylation is 1. The van der Waals surface area contributed by atoms with Gasteiger partial charge < -0.3 is 20.1 Å². The normalized spacial score (nSPS) is 15.5. The summed E-state index contributed by atoms with van der Waals surface area (Å²) in [6, 6.07) is 13.7. The average Bonchev–Trinajstić information content (AvgIpc) is 2.92. The van der Waals surface area contributed by atoms with Gasteiger partial charge in [-0.15, -0.1) is 11.8 Å². The van der Waals surface area contributed by atoms with E-state index >= 15 is 0 Å². The lowest BCUT2D eigenvalue weighted by atomic mass is 10.1. The van der Waals surface area contributed by atoms with Crippen LogP contribution in [0.1, 0.15) is 24.0 Å². The molecule has 0 aromatic heterocycles. The monoisotopic (exact) mass is 428 g/mol. The Balaban J connectivity index is 1.38. The van der Waals surface area contributed by atoms with Crippen molar-refractivity contribution in [3.63, 3.8) is 0 Å². The van der Waals surface area contributed by atoms with Crippen LogP contribution < -0.4 is 20.1 Å². The lowest BCUT2D eigenvalue weighted by molar-refractivity contribution is -0.120. The molecule has 0 saturated carbocycles. The molecule has 0 radical (unpaired) electrons. The molecule has 0 bridgehead atoms. The van der Waals surface area contributed by atoms with Crippen LogP contribution in [-0.4, -0.2) is 43.6 Å². The van der Waals surface area contributed by atoms with Crippen LogP contribution in [0.4, 0.5) is 5.69 Å². The van der Waals surface area contributed by atoms with Crippen LogP contribution in [0.5, 0.6) is 11.5 Å². The van der Waals surface area contributed by atoms with E-state index in [2.05, 4.69) is 16.7 Å². The number of ether oxygens (including phenoxy) is 2. The molecule has 30 heavy (non-hydrogen) atoms. The third kappa shape index (κ3) is 5.92. The Labute approximate surface area is 181 Å². The third-order valence-electron chi connectivity index (χ3n) is 5.08. The molecule has 2 aromatic rings. The number of fused-ring (bicyclic) bond motifs is 1. The average molecular weight is 429 g/mol. The molecular weight excluding hydrogens is 400 g/mol. The molecular formula is C23H28N2O4S. The minimum absolute atomic E-state index is 0.000271. The Morgan fingerprint density at radius 2 is 1.97 bits per heavy atom. The molecule has 160 valence electrons. The molecule has 1 aliphatic rings. The van der Waals surface area contributed by atoms with E-state index in [1.165, 1.54) is 5.56 Å². The molecule has 0 saturated heterocycles. The number of para-hydroxylation sites is 1. The number of thioether (sulfide) groups is 1. The quantitative estimate of drug-likeness (QED) is 0.640. The third-order valence-corrected chi connectivity index (χ3v) is 6.37. The van der Waals surface area contributed by atoms with Crippen LogP contribution in [0.25, 0.3) is 0 Å². The number of amides is 2. The number of benzene rings is 2. The standard InChI is InChI=1S/C23H28N2O4S/c1-28-19-9-7-16(15-20(19)29-2)11-13-24-22(26)12-14-30-21-10-8-17-5-3-4-6-18(17)25-23(21)27/h3-7,9,15,21H,8,10-14H2,1-2H3,(H,24,26)(H,25,27). The molecule has 1 unspecified atom stereocenters. The van der Waals surface area contributed by atoms with E-state index in [4.69, 9.17) is 9.47 Å². The molecule has 1 atom stereocenters. The number of rotatable bonds is 9. The van der Waals surface area contributed by atoms with Crippen LogP contribution in [0.3, 0.4) is 0 Å². The Morgan fingerprint density at radius 3 is 2.77 bits per heavy atom. The second-order valence-corrected chi connectivity index (χ2v) is 8.39. The van der Waals surface area contributed by atoms with Gasteiger partial charge in [0.15, 0.2) is 11.5 Å². The van der Waals surface area contributed by atoms with Crippen LogP contribution in [0.15, 0.2) is 42.5 Å². The highest BCUT2D eigenvalue weighted by molar-refractivity contribution is 8.00. The van der Waals surface area contributed by atoms with Gasteiger partial charge in [0.05, 0.1) is 19.5 Å². The molecule has 2 amide bonds. The molecule has 6 nitrogen and oxygen atoms in total. The zero-order valence-electron chi connectivity index (χ0n) is 17.4. The first-order valence-electron chi connectivity index (χ1n) is 10.1. The predicted octanol–water partition coefficient (Wildman–Crippen LogP) is 3.44. The van der Waals surface area contributed by atoms with E-state index in [1.54, 1.807) is 26.0 Å². The van der Waals surface area contributed by atoms with Gasteiger partial charge in [-0.2, -0.15) is 0 Å². The zero-order chi connectivity index (χ0) is 21.3. The van der Waals surface area contributed by atoms with Crippen molar-refractivity contribution in [1.29, 1.82) is 0 Å². The largest absolute Gasteiger partial charge is 0.493 e. The number of carbonyl (C=O) groups excluding carboxylic acids is 2. The smallest absolute Gasteiger partial charge is 0.237 e. The zero-order valence-corrected chi connectivity index (χ0v) is 18.2. The first kappa shape index (κ1) is 22.0. The summed E-state index contributed by atoms with van der Waals surface area (Å²) in [6.45, 7) is 0.554. The Kier molecular flexibility index (Phi) is 8.02. The minimum Gasteiger partial charge on any atom is -0.493 e. The van der Waals surface area contributed by atoms with Gasteiger partial charge in [0.1, 0.15) is 0 Å². The maximum atomic E-state index is 12.4. The predicted molar refractivity (Wildman–Crippen MR) is 121 cm³/mol. The highest BCUT2D eigenvalue weighted by Gasteiger charge is 2.23. The van der Waals surface area contributed by atoms with Gasteiger partial charge in [-0.3, -0.25) is 9.59 Å². The van der Waals surface area contributed by atoms with Crippen molar-refractivity contribution < 1.29 is 19.1 Å². The van der Waals surface area contributed by atoms with Crippen molar-refractivity contribution in [2.45, 2.75) is 30.9 Å². The molecule has 2 N–H and O–H groups in total. The molecule has 1 aliphatic heterocycles. The summed E-state index contributed by atoms with van der Waals surface area (Å²) < 4.78 is 10.5. The van der Waals surface area contributed by atoms with Gasteiger partial charge in [-0.1, -0.05) is 24.3 Å². The van der Waals surface area contributed by atoms with Gasteiger partial charge in [-0.25, -0.2) is 0 Å². The van der Waals surface area contributed by atoms with E-state index in [-0.39, 0.29) is 17.1 Å². The topological polar surface area (TPSA) is 76.7 Å². The van der Waals surface area contributed by atoms with Gasteiger partial charge in [0, 0.05) is 24.4 Å². The second kappa shape index (κ2) is 10.9. The first-order chi connectivity index (χ1) is 14.6. The highest BCUT2D eigenvalue weighted by Crippen LogP contribution is 2.28. The van der Waals surface area contributed by atoms with Crippen LogP contribution in [-0.2, 0) is 22.4 Å². The summed E-state index contributed by atoms with van der Waals surface area (Å²) in [5, 5.41) is 5.82. The fourth-order valence-electron chi connectivity index (χ4n) is 3.41. The van der Waals surface area contributed by atoms with Crippen molar-refractivity contribution in [2.24, 2.45) is 0 Å². The van der Waals surface area contributed by atoms with Crippen molar-refractivity contribution in [1.82, 2.24) is 5.32 Å². The van der Waals surface area contributed by atoms with Crippen LogP contribution in [0.2, 0.25) is 0 Å². The summed E-state index contributed by atoms with van der Waals surface area (Å²) >= 11 is 1.55. The van der Waals surface area contributed by atoms with Gasteiger partial charge >= 0.3 is 0 Å². The summed E-state index contributed by atoms with van der Waals surface area (Å²) in [4.78, 5) is 24.6. The van der Waals surface area contributed by atoms with Gasteiger partial charge in [0.2, 0.25) is 11.8 Å². The maximum absolute atomic E-state index is 12.4. The summed E-state index contributed by atoms with van der Waals surface area (Å²) in [6.07, 6.45) is 2.76. The number of methoxy groups -OCH3 is 2.